The van der Waals surface area contributed by atoms with Crippen molar-refractivity contribution in [3.63, 3.8) is 0 Å². The highest BCUT2D eigenvalue weighted by atomic mass is 19.1. The van der Waals surface area contributed by atoms with Crippen molar-refractivity contribution in [1.29, 1.82) is 0 Å². The van der Waals surface area contributed by atoms with Gasteiger partial charge in [0.15, 0.2) is 0 Å². The number of carbonyl (C=O) groups is 1. The van der Waals surface area contributed by atoms with Gasteiger partial charge in [-0.25, -0.2) is 13.6 Å². The molecule has 2 rings (SSSR count). The highest BCUT2D eigenvalue weighted by Gasteiger charge is 2.29. The van der Waals surface area contributed by atoms with Crippen LogP contribution in [0.3, 0.4) is 0 Å². The van der Waals surface area contributed by atoms with Gasteiger partial charge in [0.05, 0.1) is 11.6 Å². The molecule has 0 aliphatic heterocycles. The van der Waals surface area contributed by atoms with E-state index >= 15 is 0 Å². The number of amides is 2. The Morgan fingerprint density at radius 2 is 2.00 bits per heavy atom. The van der Waals surface area contributed by atoms with E-state index in [1.165, 1.54) is 6.07 Å². The lowest BCUT2D eigenvalue weighted by Gasteiger charge is -2.32. The molecule has 3 N–H and O–H groups in total. The van der Waals surface area contributed by atoms with Crippen LogP contribution in [0.15, 0.2) is 18.2 Å². The molecular weight excluding hydrogens is 290 g/mol. The maximum atomic E-state index is 13.6. The first-order valence-corrected chi connectivity index (χ1v) is 7.61. The van der Waals surface area contributed by atoms with E-state index in [0.29, 0.717) is 12.8 Å². The number of nitrogens with one attached hydrogen (secondary N) is 2. The van der Waals surface area contributed by atoms with Crippen LogP contribution in [0, 0.1) is 11.6 Å². The zero-order chi connectivity index (χ0) is 16.2. The SMILES string of the molecule is CC(NC(=O)NCC1(O)CCCCC1)c1ccc(F)cc1F. The molecular formula is C16H22F2N2O2. The second-order valence-corrected chi connectivity index (χ2v) is 6.00. The van der Waals surface area contributed by atoms with Crippen LogP contribution in [0.4, 0.5) is 13.6 Å². The van der Waals surface area contributed by atoms with Gasteiger partial charge in [-0.3, -0.25) is 0 Å². The average molecular weight is 312 g/mol. The second kappa shape index (κ2) is 7.05. The maximum absolute atomic E-state index is 13.6. The molecule has 122 valence electrons. The maximum Gasteiger partial charge on any atom is 0.315 e. The minimum atomic E-state index is -0.847. The number of hydrogen-bond acceptors (Lipinski definition) is 2. The number of rotatable bonds is 4. The van der Waals surface area contributed by atoms with E-state index < -0.39 is 29.3 Å². The minimum absolute atomic E-state index is 0.178. The Morgan fingerprint density at radius 1 is 1.32 bits per heavy atom. The van der Waals surface area contributed by atoms with E-state index in [-0.39, 0.29) is 12.1 Å². The summed E-state index contributed by atoms with van der Waals surface area (Å²) in [7, 11) is 0. The highest BCUT2D eigenvalue weighted by Crippen LogP contribution is 2.27. The van der Waals surface area contributed by atoms with E-state index in [4.69, 9.17) is 0 Å². The number of carbonyl (C=O) groups excluding carboxylic acids is 1. The fraction of sp³-hybridized carbons (Fsp3) is 0.562. The molecule has 0 saturated heterocycles. The normalized spacial score (nSPS) is 18.5. The molecule has 1 unspecified atom stereocenters. The summed E-state index contributed by atoms with van der Waals surface area (Å²) in [4.78, 5) is 11.9. The van der Waals surface area contributed by atoms with Gasteiger partial charge in [-0.1, -0.05) is 25.3 Å². The molecule has 0 aromatic heterocycles. The zero-order valence-corrected chi connectivity index (χ0v) is 12.7. The summed E-state index contributed by atoms with van der Waals surface area (Å²) in [5.41, 5.74) is -0.632. The summed E-state index contributed by atoms with van der Waals surface area (Å²) in [6, 6.07) is 2.18. The summed E-state index contributed by atoms with van der Waals surface area (Å²) in [6.45, 7) is 1.79. The molecule has 4 nitrogen and oxygen atoms in total. The number of halogens is 2. The Kier molecular flexibility index (Phi) is 5.34. The van der Waals surface area contributed by atoms with Gasteiger partial charge in [0.25, 0.3) is 0 Å². The van der Waals surface area contributed by atoms with Gasteiger partial charge in [0.2, 0.25) is 0 Å². The lowest BCUT2D eigenvalue weighted by atomic mass is 9.85. The summed E-state index contributed by atoms with van der Waals surface area (Å²) >= 11 is 0. The van der Waals surface area contributed by atoms with Crippen molar-refractivity contribution in [2.75, 3.05) is 6.54 Å². The van der Waals surface area contributed by atoms with Gasteiger partial charge >= 0.3 is 6.03 Å². The Hall–Kier alpha value is -1.69. The van der Waals surface area contributed by atoms with Crippen LogP contribution in [0.2, 0.25) is 0 Å². The third-order valence-electron chi connectivity index (χ3n) is 4.14. The lowest BCUT2D eigenvalue weighted by molar-refractivity contribution is 0.00713. The van der Waals surface area contributed by atoms with Gasteiger partial charge in [-0.15, -0.1) is 0 Å². The number of benzene rings is 1. The van der Waals surface area contributed by atoms with Crippen molar-refractivity contribution in [2.45, 2.75) is 50.7 Å². The van der Waals surface area contributed by atoms with Crippen LogP contribution in [0.1, 0.15) is 50.6 Å². The van der Waals surface area contributed by atoms with Crippen LogP contribution >= 0.6 is 0 Å². The third kappa shape index (κ3) is 4.40. The molecule has 1 aliphatic rings. The van der Waals surface area contributed by atoms with Gasteiger partial charge in [0.1, 0.15) is 11.6 Å². The number of hydrogen-bond donors (Lipinski definition) is 3. The fourth-order valence-electron chi connectivity index (χ4n) is 2.81. The van der Waals surface area contributed by atoms with E-state index in [9.17, 15) is 18.7 Å². The monoisotopic (exact) mass is 312 g/mol. The van der Waals surface area contributed by atoms with Gasteiger partial charge in [-0.2, -0.15) is 0 Å². The molecule has 0 spiro atoms. The molecule has 1 atom stereocenters. The molecule has 1 aliphatic carbocycles. The molecule has 1 saturated carbocycles. The predicted molar refractivity (Wildman–Crippen MR) is 79.3 cm³/mol. The molecule has 1 fully saturated rings. The van der Waals surface area contributed by atoms with Crippen molar-refractivity contribution in [3.8, 4) is 0 Å². The summed E-state index contributed by atoms with van der Waals surface area (Å²) in [5, 5.41) is 15.5. The van der Waals surface area contributed by atoms with Gasteiger partial charge in [0, 0.05) is 18.2 Å². The number of aliphatic hydroxyl groups is 1. The molecule has 1 aromatic carbocycles. The van der Waals surface area contributed by atoms with Crippen molar-refractivity contribution in [1.82, 2.24) is 10.6 Å². The molecule has 2 amide bonds. The molecule has 0 heterocycles. The van der Waals surface area contributed by atoms with Crippen LogP contribution in [-0.4, -0.2) is 23.3 Å². The fourth-order valence-corrected chi connectivity index (χ4v) is 2.81. The third-order valence-corrected chi connectivity index (χ3v) is 4.14. The first-order valence-electron chi connectivity index (χ1n) is 7.61. The van der Waals surface area contributed by atoms with Crippen LogP contribution in [0.25, 0.3) is 0 Å². The highest BCUT2D eigenvalue weighted by molar-refractivity contribution is 5.74. The van der Waals surface area contributed by atoms with Gasteiger partial charge in [-0.05, 0) is 25.8 Å². The standard InChI is InChI=1S/C16H22F2N2O2/c1-11(13-6-5-12(17)9-14(13)18)20-15(21)19-10-16(22)7-3-2-4-8-16/h5-6,9,11,22H,2-4,7-8,10H2,1H3,(H2,19,20,21). The van der Waals surface area contributed by atoms with Crippen LogP contribution in [0.5, 0.6) is 0 Å². The Bertz CT molecular complexity index is 531. The molecule has 1 aromatic rings. The topological polar surface area (TPSA) is 61.4 Å². The Labute approximate surface area is 128 Å². The predicted octanol–water partition coefficient (Wildman–Crippen LogP) is 3.02. The minimum Gasteiger partial charge on any atom is -0.388 e. The average Bonchev–Trinajstić information content (AvgIpc) is 2.46. The first kappa shape index (κ1) is 16.7. The smallest absolute Gasteiger partial charge is 0.315 e. The van der Waals surface area contributed by atoms with E-state index in [0.717, 1.165) is 31.4 Å². The van der Waals surface area contributed by atoms with Crippen molar-refractivity contribution >= 4 is 6.03 Å². The van der Waals surface area contributed by atoms with Crippen molar-refractivity contribution < 1.29 is 18.7 Å². The lowest BCUT2D eigenvalue weighted by Crippen LogP contribution is -2.47. The van der Waals surface area contributed by atoms with E-state index in [1.54, 1.807) is 6.92 Å². The Balaban J connectivity index is 1.86. The number of urea groups is 1. The second-order valence-electron chi connectivity index (χ2n) is 6.00. The molecule has 22 heavy (non-hydrogen) atoms. The summed E-state index contributed by atoms with van der Waals surface area (Å²) in [6.07, 6.45) is 4.37. The molecule has 6 heteroatoms. The first-order chi connectivity index (χ1) is 10.4. The van der Waals surface area contributed by atoms with Crippen LogP contribution in [-0.2, 0) is 0 Å². The zero-order valence-electron chi connectivity index (χ0n) is 12.7. The largest absolute Gasteiger partial charge is 0.388 e. The van der Waals surface area contributed by atoms with E-state index in [1.807, 2.05) is 0 Å². The quantitative estimate of drug-likeness (QED) is 0.800. The summed E-state index contributed by atoms with van der Waals surface area (Å²) < 4.78 is 26.5. The summed E-state index contributed by atoms with van der Waals surface area (Å²) in [5.74, 6) is -1.35. The van der Waals surface area contributed by atoms with E-state index in [2.05, 4.69) is 10.6 Å². The molecule has 0 bridgehead atoms. The van der Waals surface area contributed by atoms with Crippen molar-refractivity contribution in [3.05, 3.63) is 35.4 Å². The Morgan fingerprint density at radius 3 is 2.64 bits per heavy atom. The van der Waals surface area contributed by atoms with Crippen molar-refractivity contribution in [2.24, 2.45) is 0 Å². The molecule has 0 radical (unpaired) electrons. The van der Waals surface area contributed by atoms with Crippen LogP contribution < -0.4 is 10.6 Å². The van der Waals surface area contributed by atoms with Gasteiger partial charge < -0.3 is 15.7 Å².